The zero-order chi connectivity index (χ0) is 18.7. The number of benzene rings is 2. The fourth-order valence-electron chi connectivity index (χ4n) is 3.22. The summed E-state index contributed by atoms with van der Waals surface area (Å²) in [6, 6.07) is 13.0. The maximum Gasteiger partial charge on any atom is 0.137 e. The van der Waals surface area contributed by atoms with E-state index < -0.39 is 0 Å². The smallest absolute Gasteiger partial charge is 0.137 e. The third-order valence-electron chi connectivity index (χ3n) is 4.79. The molecule has 0 radical (unpaired) electrons. The average Bonchev–Trinajstić information content (AvgIpc) is 3.01. The normalized spacial score (nSPS) is 11.0. The lowest BCUT2D eigenvalue weighted by Crippen LogP contribution is -2.02. The Balaban J connectivity index is 1.67. The Hall–Kier alpha value is -2.55. The molecular formula is C23H27NO2. The molecule has 1 heterocycles. The minimum atomic E-state index is 0.671. The minimum Gasteiger partial charge on any atom is -0.493 e. The first-order valence-corrected chi connectivity index (χ1v) is 9.18. The van der Waals surface area contributed by atoms with Crippen LogP contribution in [0.5, 0.6) is 5.75 Å². The van der Waals surface area contributed by atoms with Crippen molar-refractivity contribution < 1.29 is 9.26 Å². The molecule has 0 bridgehead atoms. The Labute approximate surface area is 156 Å². The lowest BCUT2D eigenvalue weighted by atomic mass is 9.97. The Morgan fingerprint density at radius 3 is 2.12 bits per heavy atom. The van der Waals surface area contributed by atoms with Crippen LogP contribution in [0, 0.1) is 34.6 Å². The van der Waals surface area contributed by atoms with Gasteiger partial charge in [0.25, 0.3) is 0 Å². The first kappa shape index (κ1) is 18.2. The summed E-state index contributed by atoms with van der Waals surface area (Å²) in [6.45, 7) is 11.1. The van der Waals surface area contributed by atoms with E-state index in [1.165, 1.54) is 33.4 Å². The summed E-state index contributed by atoms with van der Waals surface area (Å²) in [4.78, 5) is 0. The highest BCUT2D eigenvalue weighted by atomic mass is 16.5. The van der Waals surface area contributed by atoms with Gasteiger partial charge < -0.3 is 9.26 Å². The highest BCUT2D eigenvalue weighted by Crippen LogP contribution is 2.31. The van der Waals surface area contributed by atoms with Gasteiger partial charge in [-0.05, 0) is 86.6 Å². The molecule has 0 unspecified atom stereocenters. The maximum atomic E-state index is 6.07. The molecule has 0 saturated heterocycles. The SMILES string of the molecule is Cc1cc(CCCOc2c(C)cc(-c3ccc(C)c(C)c3)cc2C)on1. The van der Waals surface area contributed by atoms with E-state index in [0.29, 0.717) is 6.61 Å². The lowest BCUT2D eigenvalue weighted by molar-refractivity contribution is 0.296. The van der Waals surface area contributed by atoms with Gasteiger partial charge in [0, 0.05) is 12.5 Å². The molecule has 0 aliphatic heterocycles. The number of aryl methyl sites for hydroxylation is 6. The zero-order valence-corrected chi connectivity index (χ0v) is 16.3. The quantitative estimate of drug-likeness (QED) is 0.520. The zero-order valence-electron chi connectivity index (χ0n) is 16.3. The molecule has 3 aromatic rings. The molecule has 0 aliphatic carbocycles. The van der Waals surface area contributed by atoms with Gasteiger partial charge in [-0.3, -0.25) is 0 Å². The van der Waals surface area contributed by atoms with Crippen molar-refractivity contribution >= 4 is 0 Å². The molecule has 0 spiro atoms. The third kappa shape index (κ3) is 4.16. The van der Waals surface area contributed by atoms with Gasteiger partial charge in [-0.1, -0.05) is 23.4 Å². The predicted molar refractivity (Wildman–Crippen MR) is 106 cm³/mol. The highest BCUT2D eigenvalue weighted by Gasteiger charge is 2.09. The molecule has 0 atom stereocenters. The van der Waals surface area contributed by atoms with E-state index in [2.05, 4.69) is 63.2 Å². The molecule has 0 N–H and O–H groups in total. The van der Waals surface area contributed by atoms with Crippen molar-refractivity contribution in [2.45, 2.75) is 47.5 Å². The molecule has 3 rings (SSSR count). The fraction of sp³-hybridized carbons (Fsp3) is 0.348. The largest absolute Gasteiger partial charge is 0.493 e. The van der Waals surface area contributed by atoms with E-state index >= 15 is 0 Å². The number of hydrogen-bond donors (Lipinski definition) is 0. The van der Waals surface area contributed by atoms with Gasteiger partial charge in [-0.2, -0.15) is 0 Å². The monoisotopic (exact) mass is 349 g/mol. The summed E-state index contributed by atoms with van der Waals surface area (Å²) < 4.78 is 11.3. The molecule has 3 heteroatoms. The summed E-state index contributed by atoms with van der Waals surface area (Å²) in [5, 5.41) is 3.92. The summed E-state index contributed by atoms with van der Waals surface area (Å²) in [5.74, 6) is 1.91. The number of ether oxygens (including phenoxy) is 1. The van der Waals surface area contributed by atoms with Gasteiger partial charge in [0.05, 0.1) is 12.3 Å². The van der Waals surface area contributed by atoms with E-state index in [0.717, 1.165) is 30.0 Å². The van der Waals surface area contributed by atoms with Crippen LogP contribution in [0.3, 0.4) is 0 Å². The van der Waals surface area contributed by atoms with E-state index in [4.69, 9.17) is 9.26 Å². The van der Waals surface area contributed by atoms with Crippen LogP contribution in [0.1, 0.15) is 40.1 Å². The van der Waals surface area contributed by atoms with Gasteiger partial charge in [0.2, 0.25) is 0 Å². The van der Waals surface area contributed by atoms with Gasteiger partial charge >= 0.3 is 0 Å². The number of nitrogens with zero attached hydrogens (tertiary/aromatic N) is 1. The molecule has 3 nitrogen and oxygen atoms in total. The van der Waals surface area contributed by atoms with E-state index in [-0.39, 0.29) is 0 Å². The topological polar surface area (TPSA) is 35.3 Å². The summed E-state index contributed by atoms with van der Waals surface area (Å²) in [6.07, 6.45) is 1.76. The Morgan fingerprint density at radius 2 is 1.50 bits per heavy atom. The van der Waals surface area contributed by atoms with Crippen molar-refractivity contribution in [3.63, 3.8) is 0 Å². The van der Waals surface area contributed by atoms with Crippen molar-refractivity contribution in [3.8, 4) is 16.9 Å². The van der Waals surface area contributed by atoms with Crippen LogP contribution in [0.2, 0.25) is 0 Å². The third-order valence-corrected chi connectivity index (χ3v) is 4.79. The maximum absolute atomic E-state index is 6.07. The van der Waals surface area contributed by atoms with Crippen LogP contribution in [0.4, 0.5) is 0 Å². The molecule has 1 aromatic heterocycles. The summed E-state index contributed by atoms with van der Waals surface area (Å²) >= 11 is 0. The Bertz CT molecular complexity index is 885. The Kier molecular flexibility index (Phi) is 5.46. The molecule has 0 amide bonds. The van der Waals surface area contributed by atoms with Gasteiger partial charge in [0.15, 0.2) is 0 Å². The Morgan fingerprint density at radius 1 is 0.808 bits per heavy atom. The molecule has 136 valence electrons. The first-order chi connectivity index (χ1) is 12.4. The first-order valence-electron chi connectivity index (χ1n) is 9.18. The molecule has 0 saturated carbocycles. The van der Waals surface area contributed by atoms with E-state index in [1.54, 1.807) is 0 Å². The van der Waals surface area contributed by atoms with Crippen LogP contribution >= 0.6 is 0 Å². The summed E-state index contributed by atoms with van der Waals surface area (Å²) in [7, 11) is 0. The van der Waals surface area contributed by atoms with Crippen molar-refractivity contribution in [2.24, 2.45) is 0 Å². The number of hydrogen-bond acceptors (Lipinski definition) is 3. The van der Waals surface area contributed by atoms with Gasteiger partial charge in [-0.15, -0.1) is 0 Å². The average molecular weight is 349 g/mol. The minimum absolute atomic E-state index is 0.671. The lowest BCUT2D eigenvalue weighted by Gasteiger charge is -2.15. The van der Waals surface area contributed by atoms with Crippen LogP contribution in [-0.4, -0.2) is 11.8 Å². The van der Waals surface area contributed by atoms with Gasteiger partial charge in [0.1, 0.15) is 11.5 Å². The van der Waals surface area contributed by atoms with Crippen LogP contribution in [0.25, 0.3) is 11.1 Å². The molecule has 0 fully saturated rings. The second-order valence-electron chi connectivity index (χ2n) is 7.12. The van der Waals surface area contributed by atoms with Crippen LogP contribution in [0.15, 0.2) is 40.9 Å². The number of aromatic nitrogens is 1. The number of rotatable bonds is 6. The van der Waals surface area contributed by atoms with Crippen LogP contribution in [-0.2, 0) is 6.42 Å². The van der Waals surface area contributed by atoms with Crippen LogP contribution < -0.4 is 4.74 Å². The molecule has 26 heavy (non-hydrogen) atoms. The van der Waals surface area contributed by atoms with Crippen molar-refractivity contribution in [2.75, 3.05) is 6.61 Å². The highest BCUT2D eigenvalue weighted by molar-refractivity contribution is 5.68. The summed E-state index contributed by atoms with van der Waals surface area (Å²) in [5.41, 5.74) is 8.42. The van der Waals surface area contributed by atoms with E-state index in [1.807, 2.05) is 13.0 Å². The molecular weight excluding hydrogens is 322 g/mol. The predicted octanol–water partition coefficient (Wildman–Crippen LogP) is 5.90. The van der Waals surface area contributed by atoms with Crippen molar-refractivity contribution in [3.05, 3.63) is 70.1 Å². The van der Waals surface area contributed by atoms with Crippen molar-refractivity contribution in [1.29, 1.82) is 0 Å². The molecule has 2 aromatic carbocycles. The van der Waals surface area contributed by atoms with E-state index in [9.17, 15) is 0 Å². The fourth-order valence-corrected chi connectivity index (χ4v) is 3.22. The van der Waals surface area contributed by atoms with Crippen molar-refractivity contribution in [1.82, 2.24) is 5.16 Å². The van der Waals surface area contributed by atoms with Gasteiger partial charge in [-0.25, -0.2) is 0 Å². The standard InChI is InChI=1S/C23H27NO2/c1-15-8-9-20(11-16(15)2)21-12-17(3)23(18(4)13-21)25-10-6-7-22-14-19(5)24-26-22/h8-9,11-14H,6-7,10H2,1-5H3. The molecule has 0 aliphatic rings. The second-order valence-corrected chi connectivity index (χ2v) is 7.12. The second kappa shape index (κ2) is 7.77.